The lowest BCUT2D eigenvalue weighted by Gasteiger charge is -2.18. The number of hydrazone groups is 1. The van der Waals surface area contributed by atoms with Crippen LogP contribution in [0.3, 0.4) is 0 Å². The maximum absolute atomic E-state index is 13.6. The molecule has 0 fully saturated rings. The van der Waals surface area contributed by atoms with Crippen LogP contribution in [-0.2, 0) is 12.8 Å². The molecule has 4 nitrogen and oxygen atoms in total. The average Bonchev–Trinajstić information content (AvgIpc) is 3.22. The molecule has 0 saturated heterocycles. The van der Waals surface area contributed by atoms with Crippen molar-refractivity contribution in [3.8, 4) is 0 Å². The standard InChI is InChI=1S/C26H22BrN3OS/c1-17-6-13-23-24(14-17)32-26(29-23)30(28-16-18-7-11-22(27)12-8-18)25(31)21-10-9-19-4-2-3-5-20(19)15-21/h6-16H,2-5H2,1H3/b28-16+. The fourth-order valence-corrected chi connectivity index (χ4v) is 5.25. The Hall–Kier alpha value is -2.83. The van der Waals surface area contributed by atoms with E-state index in [0.717, 1.165) is 33.1 Å². The van der Waals surface area contributed by atoms with Gasteiger partial charge in [0, 0.05) is 10.0 Å². The van der Waals surface area contributed by atoms with Gasteiger partial charge in [-0.1, -0.05) is 51.5 Å². The van der Waals surface area contributed by atoms with E-state index in [-0.39, 0.29) is 5.91 Å². The first-order chi connectivity index (χ1) is 15.6. The molecule has 4 aromatic rings. The molecule has 0 bridgehead atoms. The third-order valence-corrected chi connectivity index (χ3v) is 7.22. The first kappa shape index (κ1) is 21.0. The summed E-state index contributed by atoms with van der Waals surface area (Å²) in [6, 6.07) is 20.0. The van der Waals surface area contributed by atoms with Crippen molar-refractivity contribution in [1.29, 1.82) is 0 Å². The smallest absolute Gasteiger partial charge is 0.267 e. The van der Waals surface area contributed by atoms with E-state index in [1.807, 2.05) is 48.5 Å². The third-order valence-electron chi connectivity index (χ3n) is 5.69. The number of nitrogens with zero attached hydrogens (tertiary/aromatic N) is 3. The molecular formula is C26H22BrN3OS. The molecule has 0 atom stereocenters. The number of benzene rings is 3. The number of fused-ring (bicyclic) bond motifs is 2. The van der Waals surface area contributed by atoms with Gasteiger partial charge in [-0.15, -0.1) is 0 Å². The van der Waals surface area contributed by atoms with Gasteiger partial charge in [0.25, 0.3) is 5.91 Å². The highest BCUT2D eigenvalue weighted by atomic mass is 79.9. The average molecular weight is 504 g/mol. The number of thiazole rings is 1. The number of aromatic nitrogens is 1. The molecule has 0 aliphatic heterocycles. The summed E-state index contributed by atoms with van der Waals surface area (Å²) in [4.78, 5) is 18.3. The zero-order valence-electron chi connectivity index (χ0n) is 17.7. The van der Waals surface area contributed by atoms with Crippen molar-refractivity contribution >= 4 is 54.7 Å². The molecule has 160 valence electrons. The van der Waals surface area contributed by atoms with E-state index < -0.39 is 0 Å². The van der Waals surface area contributed by atoms with E-state index in [1.54, 1.807) is 6.21 Å². The highest BCUT2D eigenvalue weighted by molar-refractivity contribution is 9.10. The predicted octanol–water partition coefficient (Wildman–Crippen LogP) is 6.93. The Labute approximate surface area is 199 Å². The Kier molecular flexibility index (Phi) is 5.89. The molecule has 1 aromatic heterocycles. The fraction of sp³-hybridized carbons (Fsp3) is 0.192. The van der Waals surface area contributed by atoms with Crippen molar-refractivity contribution in [2.24, 2.45) is 5.10 Å². The van der Waals surface area contributed by atoms with E-state index in [9.17, 15) is 4.79 Å². The summed E-state index contributed by atoms with van der Waals surface area (Å²) < 4.78 is 2.04. The Bertz CT molecular complexity index is 1330. The van der Waals surface area contributed by atoms with Crippen LogP contribution in [0.4, 0.5) is 5.13 Å². The van der Waals surface area contributed by atoms with Crippen molar-refractivity contribution in [1.82, 2.24) is 4.98 Å². The monoisotopic (exact) mass is 503 g/mol. The Morgan fingerprint density at radius 2 is 1.81 bits per heavy atom. The Morgan fingerprint density at radius 3 is 2.62 bits per heavy atom. The number of rotatable bonds is 4. The first-order valence-electron chi connectivity index (χ1n) is 10.7. The van der Waals surface area contributed by atoms with E-state index in [1.165, 1.54) is 45.9 Å². The fourth-order valence-electron chi connectivity index (χ4n) is 3.96. The summed E-state index contributed by atoms with van der Waals surface area (Å²) in [6.07, 6.45) is 6.22. The van der Waals surface area contributed by atoms with Crippen LogP contribution >= 0.6 is 27.3 Å². The zero-order chi connectivity index (χ0) is 22.1. The second kappa shape index (κ2) is 8.96. The van der Waals surface area contributed by atoms with Gasteiger partial charge in [0.15, 0.2) is 0 Å². The van der Waals surface area contributed by atoms with Crippen LogP contribution in [-0.4, -0.2) is 17.1 Å². The first-order valence-corrected chi connectivity index (χ1v) is 12.3. The van der Waals surface area contributed by atoms with Crippen molar-refractivity contribution < 1.29 is 4.79 Å². The number of carbonyl (C=O) groups excluding carboxylic acids is 1. The molecule has 1 aliphatic carbocycles. The molecule has 0 radical (unpaired) electrons. The van der Waals surface area contributed by atoms with Crippen LogP contribution in [0, 0.1) is 6.92 Å². The molecule has 3 aromatic carbocycles. The number of anilines is 1. The SMILES string of the molecule is Cc1ccc2nc(N(/N=C/c3ccc(Br)cc3)C(=O)c3ccc4c(c3)CCCC4)sc2c1. The molecule has 0 spiro atoms. The number of hydrogen-bond acceptors (Lipinski definition) is 4. The number of carbonyl (C=O) groups is 1. The summed E-state index contributed by atoms with van der Waals surface area (Å²) >= 11 is 4.94. The normalized spacial score (nSPS) is 13.4. The molecule has 1 amide bonds. The highest BCUT2D eigenvalue weighted by Crippen LogP contribution is 2.31. The van der Waals surface area contributed by atoms with E-state index in [0.29, 0.717) is 10.7 Å². The van der Waals surface area contributed by atoms with Crippen LogP contribution in [0.5, 0.6) is 0 Å². The van der Waals surface area contributed by atoms with Gasteiger partial charge in [-0.05, 0) is 91.3 Å². The van der Waals surface area contributed by atoms with E-state index >= 15 is 0 Å². The van der Waals surface area contributed by atoms with Crippen molar-refractivity contribution in [2.45, 2.75) is 32.6 Å². The summed E-state index contributed by atoms with van der Waals surface area (Å²) in [5, 5.41) is 6.60. The summed E-state index contributed by atoms with van der Waals surface area (Å²) in [5.41, 5.74) is 6.23. The second-order valence-corrected chi connectivity index (χ2v) is 10.00. The van der Waals surface area contributed by atoms with Gasteiger partial charge in [0.1, 0.15) is 0 Å². The van der Waals surface area contributed by atoms with E-state index in [4.69, 9.17) is 4.98 Å². The lowest BCUT2D eigenvalue weighted by molar-refractivity contribution is 0.0987. The maximum atomic E-state index is 13.6. The minimum absolute atomic E-state index is 0.164. The molecule has 1 aliphatic rings. The van der Waals surface area contributed by atoms with Gasteiger partial charge in [-0.25, -0.2) is 4.98 Å². The predicted molar refractivity (Wildman–Crippen MR) is 136 cm³/mol. The zero-order valence-corrected chi connectivity index (χ0v) is 20.1. The van der Waals surface area contributed by atoms with Crippen LogP contribution in [0.15, 0.2) is 70.2 Å². The maximum Gasteiger partial charge on any atom is 0.280 e. The lowest BCUT2D eigenvalue weighted by Crippen LogP contribution is -2.26. The van der Waals surface area contributed by atoms with Gasteiger partial charge >= 0.3 is 0 Å². The Balaban J connectivity index is 1.54. The third kappa shape index (κ3) is 4.38. The summed E-state index contributed by atoms with van der Waals surface area (Å²) in [5.74, 6) is -0.164. The van der Waals surface area contributed by atoms with Crippen molar-refractivity contribution in [3.05, 3.63) is 93.0 Å². The lowest BCUT2D eigenvalue weighted by atomic mass is 9.90. The molecule has 1 heterocycles. The highest BCUT2D eigenvalue weighted by Gasteiger charge is 2.22. The van der Waals surface area contributed by atoms with Gasteiger partial charge in [0.2, 0.25) is 5.13 Å². The van der Waals surface area contributed by atoms with Crippen LogP contribution in [0.2, 0.25) is 0 Å². The number of aryl methyl sites for hydroxylation is 3. The van der Waals surface area contributed by atoms with Gasteiger partial charge in [-0.2, -0.15) is 10.1 Å². The molecule has 6 heteroatoms. The number of halogens is 1. The van der Waals surface area contributed by atoms with E-state index in [2.05, 4.69) is 40.1 Å². The van der Waals surface area contributed by atoms with Gasteiger partial charge < -0.3 is 0 Å². The largest absolute Gasteiger partial charge is 0.280 e. The van der Waals surface area contributed by atoms with Crippen LogP contribution in [0.25, 0.3) is 10.2 Å². The van der Waals surface area contributed by atoms with Gasteiger partial charge in [-0.3, -0.25) is 4.79 Å². The minimum atomic E-state index is -0.164. The number of amides is 1. The van der Waals surface area contributed by atoms with Crippen LogP contribution < -0.4 is 5.01 Å². The second-order valence-electron chi connectivity index (χ2n) is 8.07. The summed E-state index contributed by atoms with van der Waals surface area (Å²) in [6.45, 7) is 2.06. The van der Waals surface area contributed by atoms with Gasteiger partial charge in [0.05, 0.1) is 16.4 Å². The van der Waals surface area contributed by atoms with Crippen LogP contribution in [0.1, 0.15) is 45.5 Å². The Morgan fingerprint density at radius 1 is 1.03 bits per heavy atom. The number of hydrogen-bond donors (Lipinski definition) is 0. The minimum Gasteiger partial charge on any atom is -0.267 e. The molecule has 32 heavy (non-hydrogen) atoms. The topological polar surface area (TPSA) is 45.6 Å². The quantitative estimate of drug-likeness (QED) is 0.224. The molecule has 5 rings (SSSR count). The molecular weight excluding hydrogens is 482 g/mol. The summed E-state index contributed by atoms with van der Waals surface area (Å²) in [7, 11) is 0. The van der Waals surface area contributed by atoms with Crippen molar-refractivity contribution in [3.63, 3.8) is 0 Å². The molecule has 0 unspecified atom stereocenters. The molecule has 0 N–H and O–H groups in total. The van der Waals surface area contributed by atoms with Crippen molar-refractivity contribution in [2.75, 3.05) is 5.01 Å². The molecule has 0 saturated carbocycles.